The third kappa shape index (κ3) is 3.22. The molecule has 120 valence electrons. The van der Waals surface area contributed by atoms with Crippen molar-refractivity contribution in [3.63, 3.8) is 0 Å². The van der Waals surface area contributed by atoms with Gasteiger partial charge in [-0.3, -0.25) is 4.79 Å². The van der Waals surface area contributed by atoms with Crippen molar-refractivity contribution in [2.24, 2.45) is 0 Å². The monoisotopic (exact) mass is 348 g/mol. The first kappa shape index (κ1) is 15.0. The highest BCUT2D eigenvalue weighted by molar-refractivity contribution is 7.15. The Morgan fingerprint density at radius 3 is 2.96 bits per heavy atom. The molecular weight excluding hydrogens is 332 g/mol. The van der Waals surface area contributed by atoms with Crippen LogP contribution in [0.1, 0.15) is 28.9 Å². The van der Waals surface area contributed by atoms with Gasteiger partial charge in [0.15, 0.2) is 5.06 Å². The Labute approximate surface area is 143 Å². The van der Waals surface area contributed by atoms with Crippen LogP contribution in [0.5, 0.6) is 10.8 Å². The molecule has 3 unspecified atom stereocenters. The molecule has 0 spiro atoms. The van der Waals surface area contributed by atoms with Crippen LogP contribution in [0.15, 0.2) is 36.4 Å². The van der Waals surface area contributed by atoms with Crippen LogP contribution in [0, 0.1) is 0 Å². The quantitative estimate of drug-likeness (QED) is 0.883. The van der Waals surface area contributed by atoms with E-state index < -0.39 is 0 Å². The van der Waals surface area contributed by atoms with Gasteiger partial charge in [0.25, 0.3) is 5.91 Å². The Bertz CT molecular complexity index is 733. The molecule has 6 heteroatoms. The molecule has 4 rings (SSSR count). The summed E-state index contributed by atoms with van der Waals surface area (Å²) in [6.07, 6.45) is 3.42. The first-order chi connectivity index (χ1) is 11.2. The molecule has 2 fully saturated rings. The van der Waals surface area contributed by atoms with Crippen molar-refractivity contribution < 1.29 is 9.53 Å². The van der Waals surface area contributed by atoms with E-state index >= 15 is 0 Å². The summed E-state index contributed by atoms with van der Waals surface area (Å²) < 4.78 is 5.75. The number of benzene rings is 1. The molecular formula is C17H17ClN2O2S. The molecule has 3 atom stereocenters. The summed E-state index contributed by atoms with van der Waals surface area (Å²) in [4.78, 5) is 13.1. The van der Waals surface area contributed by atoms with E-state index in [1.54, 1.807) is 18.2 Å². The van der Waals surface area contributed by atoms with Gasteiger partial charge in [0.05, 0.1) is 4.88 Å². The zero-order chi connectivity index (χ0) is 15.8. The van der Waals surface area contributed by atoms with Gasteiger partial charge >= 0.3 is 0 Å². The van der Waals surface area contributed by atoms with Crippen molar-refractivity contribution in [1.82, 2.24) is 10.6 Å². The molecule has 1 aromatic heterocycles. The average Bonchev–Trinajstić information content (AvgIpc) is 3.23. The molecule has 0 saturated carbocycles. The van der Waals surface area contributed by atoms with E-state index in [2.05, 4.69) is 10.6 Å². The van der Waals surface area contributed by atoms with Gasteiger partial charge in [-0.1, -0.05) is 29.0 Å². The summed E-state index contributed by atoms with van der Waals surface area (Å²) in [5.41, 5.74) is 0. The smallest absolute Gasteiger partial charge is 0.261 e. The Hall–Kier alpha value is -1.56. The number of halogens is 1. The second-order valence-corrected chi connectivity index (χ2v) is 7.52. The molecule has 1 amide bonds. The number of carbonyl (C=O) groups is 1. The van der Waals surface area contributed by atoms with E-state index in [0.717, 1.165) is 12.8 Å². The highest BCUT2D eigenvalue weighted by atomic mass is 35.5. The highest BCUT2D eigenvalue weighted by Gasteiger charge is 2.39. The van der Waals surface area contributed by atoms with Gasteiger partial charge in [0, 0.05) is 23.1 Å². The summed E-state index contributed by atoms with van der Waals surface area (Å²) in [6.45, 7) is 0. The zero-order valence-electron chi connectivity index (χ0n) is 12.4. The molecule has 0 radical (unpaired) electrons. The van der Waals surface area contributed by atoms with Crippen LogP contribution in [0.25, 0.3) is 0 Å². The molecule has 0 aliphatic carbocycles. The first-order valence-corrected chi connectivity index (χ1v) is 8.97. The first-order valence-electron chi connectivity index (χ1n) is 7.77. The molecule has 2 N–H and O–H groups in total. The minimum Gasteiger partial charge on any atom is -0.447 e. The molecule has 2 aliphatic rings. The van der Waals surface area contributed by atoms with Gasteiger partial charge in [-0.2, -0.15) is 0 Å². The third-order valence-electron chi connectivity index (χ3n) is 4.44. The Kier molecular flexibility index (Phi) is 4.01. The van der Waals surface area contributed by atoms with E-state index in [1.165, 1.54) is 17.8 Å². The van der Waals surface area contributed by atoms with Crippen LogP contribution in [0.2, 0.25) is 5.02 Å². The lowest BCUT2D eigenvalue weighted by Gasteiger charge is -2.20. The lowest BCUT2D eigenvalue weighted by molar-refractivity contribution is 0.0935. The van der Waals surface area contributed by atoms with Gasteiger partial charge in [-0.25, -0.2) is 0 Å². The van der Waals surface area contributed by atoms with Crippen molar-refractivity contribution in [1.29, 1.82) is 0 Å². The summed E-state index contributed by atoms with van der Waals surface area (Å²) in [5, 5.41) is 7.98. The fourth-order valence-corrected chi connectivity index (χ4v) is 4.33. The van der Waals surface area contributed by atoms with Crippen molar-refractivity contribution in [2.75, 3.05) is 0 Å². The number of rotatable bonds is 4. The van der Waals surface area contributed by atoms with Gasteiger partial charge in [0.2, 0.25) is 0 Å². The van der Waals surface area contributed by atoms with Crippen LogP contribution in [0.4, 0.5) is 0 Å². The second kappa shape index (κ2) is 6.15. The fourth-order valence-electron chi connectivity index (χ4n) is 3.37. The summed E-state index contributed by atoms with van der Waals surface area (Å²) in [6, 6.07) is 12.1. The SMILES string of the molecule is O=C(NC1CC2CCC1N2)c1ccc(Oc2cccc(Cl)c2)s1. The third-order valence-corrected chi connectivity index (χ3v) is 5.63. The Morgan fingerprint density at radius 2 is 2.22 bits per heavy atom. The van der Waals surface area contributed by atoms with Crippen LogP contribution < -0.4 is 15.4 Å². The van der Waals surface area contributed by atoms with E-state index in [4.69, 9.17) is 16.3 Å². The number of thiophene rings is 1. The largest absolute Gasteiger partial charge is 0.447 e. The van der Waals surface area contributed by atoms with Crippen LogP contribution in [-0.4, -0.2) is 24.0 Å². The standard InChI is InChI=1S/C17H17ClN2O2S/c18-10-2-1-3-12(8-10)22-16-7-6-15(23-16)17(21)20-14-9-11-4-5-13(14)19-11/h1-3,6-8,11,13-14,19H,4-5,9H2,(H,20,21). The van der Waals surface area contributed by atoms with Crippen molar-refractivity contribution in [2.45, 2.75) is 37.4 Å². The lowest BCUT2D eigenvalue weighted by atomic mass is 9.95. The van der Waals surface area contributed by atoms with E-state index in [-0.39, 0.29) is 11.9 Å². The minimum absolute atomic E-state index is 0.0182. The van der Waals surface area contributed by atoms with Crippen LogP contribution in [-0.2, 0) is 0 Å². The van der Waals surface area contributed by atoms with Crippen molar-refractivity contribution >= 4 is 28.8 Å². The van der Waals surface area contributed by atoms with Gasteiger partial charge in [0.1, 0.15) is 5.75 Å². The Morgan fingerprint density at radius 1 is 1.30 bits per heavy atom. The number of fused-ring (bicyclic) bond motifs is 2. The molecule has 2 aromatic rings. The predicted octanol–water partition coefficient (Wildman–Crippen LogP) is 3.82. The normalized spacial score (nSPS) is 25.5. The summed E-state index contributed by atoms with van der Waals surface area (Å²) in [7, 11) is 0. The maximum atomic E-state index is 12.4. The Balaban J connectivity index is 1.40. The highest BCUT2D eigenvalue weighted by Crippen LogP contribution is 2.32. The van der Waals surface area contributed by atoms with E-state index in [0.29, 0.717) is 32.8 Å². The molecule has 23 heavy (non-hydrogen) atoms. The number of hydrogen-bond donors (Lipinski definition) is 2. The number of carbonyl (C=O) groups excluding carboxylic acids is 1. The second-order valence-electron chi connectivity index (χ2n) is 6.04. The number of amides is 1. The molecule has 1 aromatic carbocycles. The number of hydrogen-bond acceptors (Lipinski definition) is 4. The topological polar surface area (TPSA) is 50.4 Å². The van der Waals surface area contributed by atoms with Crippen LogP contribution in [0.3, 0.4) is 0 Å². The summed E-state index contributed by atoms with van der Waals surface area (Å²) in [5.74, 6) is 0.652. The predicted molar refractivity (Wildman–Crippen MR) is 91.7 cm³/mol. The summed E-state index contributed by atoms with van der Waals surface area (Å²) >= 11 is 7.29. The minimum atomic E-state index is -0.0182. The van der Waals surface area contributed by atoms with Gasteiger partial charge in [-0.15, -0.1) is 0 Å². The van der Waals surface area contributed by atoms with E-state index in [1.807, 2.05) is 18.2 Å². The molecule has 2 bridgehead atoms. The molecule has 2 aliphatic heterocycles. The fraction of sp³-hybridized carbons (Fsp3) is 0.353. The van der Waals surface area contributed by atoms with Crippen molar-refractivity contribution in [3.8, 4) is 10.8 Å². The molecule has 3 heterocycles. The number of ether oxygens (including phenoxy) is 1. The number of nitrogens with one attached hydrogen (secondary N) is 2. The van der Waals surface area contributed by atoms with Gasteiger partial charge < -0.3 is 15.4 Å². The zero-order valence-corrected chi connectivity index (χ0v) is 14.0. The molecule has 2 saturated heterocycles. The maximum absolute atomic E-state index is 12.4. The average molecular weight is 349 g/mol. The maximum Gasteiger partial charge on any atom is 0.261 e. The van der Waals surface area contributed by atoms with Gasteiger partial charge in [-0.05, 0) is 49.6 Å². The van der Waals surface area contributed by atoms with E-state index in [9.17, 15) is 4.79 Å². The molecule has 4 nitrogen and oxygen atoms in total. The van der Waals surface area contributed by atoms with Crippen molar-refractivity contribution in [3.05, 3.63) is 46.3 Å². The van der Waals surface area contributed by atoms with Crippen LogP contribution >= 0.6 is 22.9 Å². The lowest BCUT2D eigenvalue weighted by Crippen LogP contribution is -2.42.